The minimum Gasteiger partial charge on any atom is -0.495 e. The fourth-order valence-corrected chi connectivity index (χ4v) is 3.25. The molecule has 0 spiro atoms. The Morgan fingerprint density at radius 1 is 1.24 bits per heavy atom. The molecular weight excluding hydrogens is 380 g/mol. The Hall–Kier alpha value is -0.810. The molecule has 0 aliphatic carbocycles. The van der Waals surface area contributed by atoms with Crippen molar-refractivity contribution in [2.75, 3.05) is 14.2 Å². The molecule has 1 atom stereocenters. The molecule has 0 aromatic heterocycles. The number of methoxy groups -OCH3 is 1. The van der Waals surface area contributed by atoms with Gasteiger partial charge in [0, 0.05) is 21.1 Å². The third-order valence-corrected chi connectivity index (χ3v) is 4.47. The maximum atomic E-state index is 14.2. The molecule has 1 unspecified atom stereocenters. The van der Waals surface area contributed by atoms with Crippen molar-refractivity contribution < 1.29 is 9.13 Å². The highest BCUT2D eigenvalue weighted by molar-refractivity contribution is 9.10. The summed E-state index contributed by atoms with van der Waals surface area (Å²) >= 11 is 15.8. The molecule has 112 valence electrons. The average molecular weight is 393 g/mol. The van der Waals surface area contributed by atoms with Crippen LogP contribution in [-0.4, -0.2) is 14.2 Å². The van der Waals surface area contributed by atoms with Gasteiger partial charge in [0.05, 0.1) is 18.2 Å². The van der Waals surface area contributed by atoms with Crippen molar-refractivity contribution in [2.24, 2.45) is 0 Å². The Morgan fingerprint density at radius 2 is 1.95 bits per heavy atom. The van der Waals surface area contributed by atoms with E-state index in [9.17, 15) is 4.39 Å². The van der Waals surface area contributed by atoms with Crippen LogP contribution in [0.3, 0.4) is 0 Å². The van der Waals surface area contributed by atoms with Gasteiger partial charge in [0.15, 0.2) is 0 Å². The van der Waals surface area contributed by atoms with Crippen LogP contribution in [0, 0.1) is 5.82 Å². The minimum atomic E-state index is -0.434. The lowest BCUT2D eigenvalue weighted by Gasteiger charge is -2.21. The summed E-state index contributed by atoms with van der Waals surface area (Å²) in [7, 11) is 3.25. The van der Waals surface area contributed by atoms with Crippen LogP contribution in [0.1, 0.15) is 17.2 Å². The highest BCUT2D eigenvalue weighted by Gasteiger charge is 2.22. The lowest BCUT2D eigenvalue weighted by atomic mass is 9.98. The van der Waals surface area contributed by atoms with Gasteiger partial charge in [-0.2, -0.15) is 0 Å². The first kappa shape index (κ1) is 16.6. The van der Waals surface area contributed by atoms with Gasteiger partial charge in [0.2, 0.25) is 0 Å². The van der Waals surface area contributed by atoms with Gasteiger partial charge >= 0.3 is 0 Å². The molecule has 2 aromatic carbocycles. The van der Waals surface area contributed by atoms with Crippen molar-refractivity contribution in [1.82, 2.24) is 5.32 Å². The number of hydrogen-bond acceptors (Lipinski definition) is 2. The molecule has 2 rings (SSSR count). The molecule has 0 aliphatic rings. The zero-order valence-corrected chi connectivity index (χ0v) is 14.5. The van der Waals surface area contributed by atoms with Crippen molar-refractivity contribution in [1.29, 1.82) is 0 Å². The summed E-state index contributed by atoms with van der Waals surface area (Å²) in [5.74, 6) is 0.152. The molecular formula is C15H13BrCl2FNO. The smallest absolute Gasteiger partial charge is 0.138 e. The standard InChI is InChI=1S/C15H13BrCl2FNO/c1-20-15(14-9(16)4-3-5-12(14)19)8-6-11(18)13(21-2)7-10(8)17/h3-7,15,20H,1-2H3. The maximum Gasteiger partial charge on any atom is 0.138 e. The second kappa shape index (κ2) is 6.97. The van der Waals surface area contributed by atoms with E-state index < -0.39 is 6.04 Å². The van der Waals surface area contributed by atoms with Crippen LogP contribution in [0.5, 0.6) is 5.75 Å². The number of rotatable bonds is 4. The van der Waals surface area contributed by atoms with Gasteiger partial charge in [-0.15, -0.1) is 0 Å². The molecule has 0 aliphatic heterocycles. The minimum absolute atomic E-state index is 0.327. The Morgan fingerprint density at radius 3 is 2.52 bits per heavy atom. The molecule has 0 saturated carbocycles. The zero-order chi connectivity index (χ0) is 15.6. The van der Waals surface area contributed by atoms with Gasteiger partial charge in [-0.05, 0) is 30.8 Å². The highest BCUT2D eigenvalue weighted by Crippen LogP contribution is 2.38. The van der Waals surface area contributed by atoms with E-state index in [1.807, 2.05) is 0 Å². The summed E-state index contributed by atoms with van der Waals surface area (Å²) in [6.07, 6.45) is 0. The molecule has 6 heteroatoms. The molecule has 2 aromatic rings. The second-order valence-corrected chi connectivity index (χ2v) is 6.03. The Kier molecular flexibility index (Phi) is 5.49. The Bertz CT molecular complexity index is 646. The van der Waals surface area contributed by atoms with E-state index in [4.69, 9.17) is 27.9 Å². The predicted octanol–water partition coefficient (Wildman–Crippen LogP) is 5.21. The van der Waals surface area contributed by atoms with Crippen LogP contribution < -0.4 is 10.1 Å². The summed E-state index contributed by atoms with van der Waals surface area (Å²) in [6, 6.07) is 7.70. The molecule has 2 nitrogen and oxygen atoms in total. The van der Waals surface area contributed by atoms with Crippen molar-refractivity contribution in [3.63, 3.8) is 0 Å². The quantitative estimate of drug-likeness (QED) is 0.770. The average Bonchev–Trinajstić information content (AvgIpc) is 2.45. The first-order chi connectivity index (χ1) is 9.99. The normalized spacial score (nSPS) is 12.3. The molecule has 0 fully saturated rings. The maximum absolute atomic E-state index is 14.2. The highest BCUT2D eigenvalue weighted by atomic mass is 79.9. The van der Waals surface area contributed by atoms with E-state index in [0.29, 0.717) is 31.4 Å². The molecule has 1 N–H and O–H groups in total. The van der Waals surface area contributed by atoms with Crippen LogP contribution in [-0.2, 0) is 0 Å². The topological polar surface area (TPSA) is 21.3 Å². The van der Waals surface area contributed by atoms with E-state index in [1.165, 1.54) is 13.2 Å². The molecule has 0 radical (unpaired) electrons. The fraction of sp³-hybridized carbons (Fsp3) is 0.200. The van der Waals surface area contributed by atoms with E-state index in [-0.39, 0.29) is 5.82 Å². The summed E-state index contributed by atoms with van der Waals surface area (Å²) in [6.45, 7) is 0. The lowest BCUT2D eigenvalue weighted by Crippen LogP contribution is -2.20. The third-order valence-electron chi connectivity index (χ3n) is 3.16. The van der Waals surface area contributed by atoms with Crippen molar-refractivity contribution >= 4 is 39.1 Å². The van der Waals surface area contributed by atoms with E-state index in [1.54, 1.807) is 31.3 Å². The summed E-state index contributed by atoms with van der Waals surface area (Å²) in [5.41, 5.74) is 1.15. The SMILES string of the molecule is CNC(c1cc(Cl)c(OC)cc1Cl)c1c(F)cccc1Br. The number of benzene rings is 2. The number of halogens is 4. The first-order valence-electron chi connectivity index (χ1n) is 6.13. The number of nitrogens with one attached hydrogen (secondary N) is 1. The summed E-state index contributed by atoms with van der Waals surface area (Å²) in [4.78, 5) is 0. The summed E-state index contributed by atoms with van der Waals surface area (Å²) < 4.78 is 20.0. The van der Waals surface area contributed by atoms with E-state index >= 15 is 0 Å². The zero-order valence-electron chi connectivity index (χ0n) is 11.4. The van der Waals surface area contributed by atoms with Gasteiger partial charge in [0.25, 0.3) is 0 Å². The van der Waals surface area contributed by atoms with Gasteiger partial charge in [0.1, 0.15) is 11.6 Å². The van der Waals surface area contributed by atoms with Crippen LogP contribution in [0.4, 0.5) is 4.39 Å². The van der Waals surface area contributed by atoms with E-state index in [0.717, 1.165) is 0 Å². The Balaban J connectivity index is 2.60. The number of ether oxygens (including phenoxy) is 1. The van der Waals surface area contributed by atoms with E-state index in [2.05, 4.69) is 21.2 Å². The summed E-state index contributed by atoms with van der Waals surface area (Å²) in [5, 5.41) is 3.94. The second-order valence-electron chi connectivity index (χ2n) is 4.37. The fourth-order valence-electron chi connectivity index (χ4n) is 2.16. The molecule has 0 saturated heterocycles. The first-order valence-corrected chi connectivity index (χ1v) is 7.68. The molecule has 0 amide bonds. The third kappa shape index (κ3) is 3.34. The van der Waals surface area contributed by atoms with Crippen LogP contribution in [0.2, 0.25) is 10.0 Å². The van der Waals surface area contributed by atoms with Crippen LogP contribution in [0.25, 0.3) is 0 Å². The molecule has 21 heavy (non-hydrogen) atoms. The Labute approximate surface area is 141 Å². The number of hydrogen-bond donors (Lipinski definition) is 1. The van der Waals surface area contributed by atoms with Crippen LogP contribution >= 0.6 is 39.1 Å². The van der Waals surface area contributed by atoms with Gasteiger partial charge < -0.3 is 10.1 Å². The van der Waals surface area contributed by atoms with Crippen molar-refractivity contribution in [3.05, 3.63) is 61.8 Å². The van der Waals surface area contributed by atoms with Crippen LogP contribution in [0.15, 0.2) is 34.8 Å². The van der Waals surface area contributed by atoms with Crippen molar-refractivity contribution in [2.45, 2.75) is 6.04 Å². The van der Waals surface area contributed by atoms with Crippen molar-refractivity contribution in [3.8, 4) is 5.75 Å². The van der Waals surface area contributed by atoms with Gasteiger partial charge in [-0.25, -0.2) is 4.39 Å². The van der Waals surface area contributed by atoms with Gasteiger partial charge in [-0.3, -0.25) is 0 Å². The lowest BCUT2D eigenvalue weighted by molar-refractivity contribution is 0.414. The van der Waals surface area contributed by atoms with Gasteiger partial charge in [-0.1, -0.05) is 45.2 Å². The molecule has 0 heterocycles. The monoisotopic (exact) mass is 391 g/mol. The largest absolute Gasteiger partial charge is 0.495 e. The molecule has 0 bridgehead atoms. The predicted molar refractivity (Wildman–Crippen MR) is 88.0 cm³/mol.